The zero-order chi connectivity index (χ0) is 12.3. The Bertz CT molecular complexity index is 378. The number of ether oxygens (including phenoxy) is 1. The van der Waals surface area contributed by atoms with Gasteiger partial charge in [0.15, 0.2) is 0 Å². The van der Waals surface area contributed by atoms with Crippen LogP contribution in [-0.2, 0) is 4.74 Å². The monoisotopic (exact) mass is 315 g/mol. The maximum absolute atomic E-state index is 5.75. The highest BCUT2D eigenvalue weighted by atomic mass is 79.9. The Morgan fingerprint density at radius 1 is 1.47 bits per heavy atom. The van der Waals surface area contributed by atoms with E-state index in [-0.39, 0.29) is 6.10 Å². The van der Waals surface area contributed by atoms with E-state index in [4.69, 9.17) is 4.74 Å². The summed E-state index contributed by atoms with van der Waals surface area (Å²) < 4.78 is 6.92. The second kappa shape index (κ2) is 6.23. The number of thioether (sulfide) groups is 1. The van der Waals surface area contributed by atoms with Crippen molar-refractivity contribution in [2.45, 2.75) is 30.1 Å². The highest BCUT2D eigenvalue weighted by molar-refractivity contribution is 9.10. The number of hydrogen-bond acceptors (Lipinski definition) is 3. The van der Waals surface area contributed by atoms with Crippen molar-refractivity contribution in [2.75, 3.05) is 19.7 Å². The number of benzene rings is 1. The fraction of sp³-hybridized carbons (Fsp3) is 0.538. The van der Waals surface area contributed by atoms with Crippen LogP contribution < -0.4 is 5.32 Å². The Morgan fingerprint density at radius 2 is 2.29 bits per heavy atom. The van der Waals surface area contributed by atoms with E-state index in [2.05, 4.69) is 53.3 Å². The topological polar surface area (TPSA) is 21.3 Å². The van der Waals surface area contributed by atoms with Crippen molar-refractivity contribution in [3.63, 3.8) is 0 Å². The van der Waals surface area contributed by atoms with E-state index in [1.165, 1.54) is 14.9 Å². The van der Waals surface area contributed by atoms with E-state index < -0.39 is 0 Å². The molecule has 1 aliphatic heterocycles. The molecule has 4 heteroatoms. The molecule has 2 nitrogen and oxygen atoms in total. The first-order valence-corrected chi connectivity index (χ1v) is 7.62. The summed E-state index contributed by atoms with van der Waals surface area (Å²) in [7, 11) is 0. The average Bonchev–Trinajstić information content (AvgIpc) is 2.32. The van der Waals surface area contributed by atoms with Crippen LogP contribution in [0.4, 0.5) is 0 Å². The fourth-order valence-electron chi connectivity index (χ4n) is 1.85. The van der Waals surface area contributed by atoms with E-state index in [0.717, 1.165) is 19.7 Å². The lowest BCUT2D eigenvalue weighted by Crippen LogP contribution is -2.33. The van der Waals surface area contributed by atoms with E-state index >= 15 is 0 Å². The lowest BCUT2D eigenvalue weighted by atomic mass is 10.1. The van der Waals surface area contributed by atoms with Gasteiger partial charge in [0.2, 0.25) is 0 Å². The predicted molar refractivity (Wildman–Crippen MR) is 76.7 cm³/mol. The highest BCUT2D eigenvalue weighted by Crippen LogP contribution is 2.33. The molecule has 0 spiro atoms. The summed E-state index contributed by atoms with van der Waals surface area (Å²) in [5.74, 6) is 0. The minimum absolute atomic E-state index is 0.193. The van der Waals surface area contributed by atoms with Crippen molar-refractivity contribution >= 4 is 27.7 Å². The van der Waals surface area contributed by atoms with Crippen molar-refractivity contribution < 1.29 is 4.74 Å². The van der Waals surface area contributed by atoms with Gasteiger partial charge in [-0.25, -0.2) is 0 Å². The number of hydrogen-bond donors (Lipinski definition) is 1. The third kappa shape index (κ3) is 3.71. The number of rotatable bonds is 3. The van der Waals surface area contributed by atoms with Crippen LogP contribution in [0.1, 0.15) is 25.5 Å². The summed E-state index contributed by atoms with van der Waals surface area (Å²) in [6, 6.07) is 6.54. The molecule has 1 N–H and O–H groups in total. The summed E-state index contributed by atoms with van der Waals surface area (Å²) in [6.07, 6.45) is 0.193. The normalized spacial score (nSPS) is 20.8. The quantitative estimate of drug-likeness (QED) is 0.861. The summed E-state index contributed by atoms with van der Waals surface area (Å²) in [6.45, 7) is 7.07. The van der Waals surface area contributed by atoms with E-state index in [1.54, 1.807) is 0 Å². The van der Waals surface area contributed by atoms with E-state index in [1.807, 2.05) is 11.8 Å². The smallest absolute Gasteiger partial charge is 0.0950 e. The number of halogens is 1. The van der Waals surface area contributed by atoms with Crippen LogP contribution in [0.15, 0.2) is 27.6 Å². The van der Waals surface area contributed by atoms with Crippen LogP contribution in [0, 0.1) is 0 Å². The van der Waals surface area contributed by atoms with Gasteiger partial charge in [0, 0.05) is 27.7 Å². The molecule has 0 amide bonds. The van der Waals surface area contributed by atoms with Gasteiger partial charge in [-0.15, -0.1) is 11.8 Å². The van der Waals surface area contributed by atoms with Crippen LogP contribution >= 0.6 is 27.7 Å². The molecule has 0 saturated carbocycles. The van der Waals surface area contributed by atoms with Gasteiger partial charge in [-0.05, 0) is 33.6 Å². The Balaban J connectivity index is 2.12. The van der Waals surface area contributed by atoms with Gasteiger partial charge in [-0.1, -0.05) is 19.9 Å². The molecule has 1 fully saturated rings. The summed E-state index contributed by atoms with van der Waals surface area (Å²) in [5, 5.41) is 3.96. The van der Waals surface area contributed by atoms with Crippen molar-refractivity contribution in [3.05, 3.63) is 28.2 Å². The van der Waals surface area contributed by atoms with Crippen LogP contribution in [-0.4, -0.2) is 24.9 Å². The molecule has 0 radical (unpaired) electrons. The van der Waals surface area contributed by atoms with Gasteiger partial charge in [-0.3, -0.25) is 0 Å². The SMILES string of the molecule is CC(C)Sc1ccc(C2CNCCO2)cc1Br. The first kappa shape index (κ1) is 13.4. The van der Waals surface area contributed by atoms with Crippen molar-refractivity contribution in [2.24, 2.45) is 0 Å². The predicted octanol–water partition coefficient (Wildman–Crippen LogP) is 3.61. The van der Waals surface area contributed by atoms with E-state index in [9.17, 15) is 0 Å². The van der Waals surface area contributed by atoms with Crippen molar-refractivity contribution in [1.29, 1.82) is 0 Å². The van der Waals surface area contributed by atoms with Gasteiger partial charge in [0.1, 0.15) is 0 Å². The maximum Gasteiger partial charge on any atom is 0.0950 e. The molecule has 94 valence electrons. The first-order chi connectivity index (χ1) is 8.16. The molecule has 1 saturated heterocycles. The van der Waals surface area contributed by atoms with Crippen LogP contribution in [0.2, 0.25) is 0 Å². The molecular weight excluding hydrogens is 298 g/mol. The second-order valence-electron chi connectivity index (χ2n) is 4.42. The van der Waals surface area contributed by atoms with Gasteiger partial charge < -0.3 is 10.1 Å². The van der Waals surface area contributed by atoms with Gasteiger partial charge in [0.05, 0.1) is 12.7 Å². The summed E-state index contributed by atoms with van der Waals surface area (Å²) in [5.41, 5.74) is 1.25. The zero-order valence-corrected chi connectivity index (χ0v) is 12.6. The molecule has 1 atom stereocenters. The Labute approximate surface area is 116 Å². The molecule has 1 aliphatic rings. The number of morpholine rings is 1. The molecule has 1 aromatic rings. The molecular formula is C13H18BrNOS. The summed E-state index contributed by atoms with van der Waals surface area (Å²) in [4.78, 5) is 1.30. The Kier molecular flexibility index (Phi) is 4.91. The molecule has 0 aliphatic carbocycles. The van der Waals surface area contributed by atoms with Crippen LogP contribution in [0.5, 0.6) is 0 Å². The molecule has 1 unspecified atom stereocenters. The average molecular weight is 316 g/mol. The lowest BCUT2D eigenvalue weighted by Gasteiger charge is -2.24. The molecule has 2 rings (SSSR count). The molecule has 1 aromatic carbocycles. The molecule has 17 heavy (non-hydrogen) atoms. The van der Waals surface area contributed by atoms with Crippen molar-refractivity contribution in [1.82, 2.24) is 5.32 Å². The van der Waals surface area contributed by atoms with Crippen LogP contribution in [0.25, 0.3) is 0 Å². The standard InChI is InChI=1S/C13H18BrNOS/c1-9(2)17-13-4-3-10(7-11(13)14)12-8-15-5-6-16-12/h3-4,7,9,12,15H,5-6,8H2,1-2H3. The fourth-order valence-corrected chi connectivity index (χ4v) is 3.35. The van der Waals surface area contributed by atoms with Crippen LogP contribution in [0.3, 0.4) is 0 Å². The minimum Gasteiger partial charge on any atom is -0.371 e. The highest BCUT2D eigenvalue weighted by Gasteiger charge is 2.16. The second-order valence-corrected chi connectivity index (χ2v) is 6.89. The molecule has 1 heterocycles. The van der Waals surface area contributed by atoms with Gasteiger partial charge in [-0.2, -0.15) is 0 Å². The van der Waals surface area contributed by atoms with E-state index in [0.29, 0.717) is 5.25 Å². The Morgan fingerprint density at radius 3 is 2.88 bits per heavy atom. The number of nitrogens with one attached hydrogen (secondary N) is 1. The third-order valence-electron chi connectivity index (χ3n) is 2.62. The van der Waals surface area contributed by atoms with Crippen molar-refractivity contribution in [3.8, 4) is 0 Å². The van der Waals surface area contributed by atoms with Gasteiger partial charge in [0.25, 0.3) is 0 Å². The maximum atomic E-state index is 5.75. The largest absolute Gasteiger partial charge is 0.371 e. The summed E-state index contributed by atoms with van der Waals surface area (Å²) >= 11 is 5.52. The van der Waals surface area contributed by atoms with Gasteiger partial charge >= 0.3 is 0 Å². The Hall–Kier alpha value is -0.0300. The molecule has 0 aromatic heterocycles. The minimum atomic E-state index is 0.193. The first-order valence-electron chi connectivity index (χ1n) is 5.95. The molecule has 0 bridgehead atoms. The third-order valence-corrected chi connectivity index (χ3v) is 4.62. The zero-order valence-electron chi connectivity index (χ0n) is 10.2. The lowest BCUT2D eigenvalue weighted by molar-refractivity contribution is 0.0276.